The minimum absolute atomic E-state index is 0.133. The lowest BCUT2D eigenvalue weighted by atomic mass is 10.2. The minimum atomic E-state index is -0.216. The summed E-state index contributed by atoms with van der Waals surface area (Å²) in [6, 6.07) is 6.67. The quantitative estimate of drug-likeness (QED) is 0.803. The number of halogens is 1. The highest BCUT2D eigenvalue weighted by atomic mass is 19.1. The van der Waals surface area contributed by atoms with Crippen molar-refractivity contribution < 1.29 is 9.18 Å². The van der Waals surface area contributed by atoms with Gasteiger partial charge in [-0.15, -0.1) is 0 Å². The van der Waals surface area contributed by atoms with Gasteiger partial charge in [-0.05, 0) is 24.1 Å². The molecule has 0 radical (unpaired) electrons. The molecule has 0 spiro atoms. The van der Waals surface area contributed by atoms with Crippen molar-refractivity contribution in [3.05, 3.63) is 35.6 Å². The Labute approximate surface area is 94.0 Å². The third kappa shape index (κ3) is 3.03. The molecule has 1 aromatic rings. The van der Waals surface area contributed by atoms with E-state index in [4.69, 9.17) is 0 Å². The highest BCUT2D eigenvalue weighted by Crippen LogP contribution is 2.06. The van der Waals surface area contributed by atoms with Crippen LogP contribution in [0.5, 0.6) is 0 Å². The van der Waals surface area contributed by atoms with Crippen molar-refractivity contribution in [1.29, 1.82) is 0 Å². The van der Waals surface area contributed by atoms with Crippen molar-refractivity contribution in [2.75, 3.05) is 6.54 Å². The molecule has 0 saturated carbocycles. The van der Waals surface area contributed by atoms with Crippen LogP contribution in [0.2, 0.25) is 0 Å². The molecule has 86 valence electrons. The number of benzene rings is 1. The summed E-state index contributed by atoms with van der Waals surface area (Å²) in [5, 5.41) is 6.13. The Balaban J connectivity index is 1.72. The molecule has 1 heterocycles. The number of carbonyl (C=O) groups excluding carboxylic acids is 1. The zero-order valence-electron chi connectivity index (χ0n) is 9.00. The molecule has 4 heteroatoms. The van der Waals surface area contributed by atoms with E-state index in [2.05, 4.69) is 10.6 Å². The third-order valence-corrected chi connectivity index (χ3v) is 2.72. The molecule has 1 saturated heterocycles. The summed E-state index contributed by atoms with van der Waals surface area (Å²) in [6.07, 6.45) is 1.53. The standard InChI is InChI=1S/C12H15FN2O/c13-10-3-1-9(2-4-10)7-14-8-11-5-6-12(16)15-11/h1-4,11,14H,5-8H2,(H,15,16)/t11-/m0/s1. The second kappa shape index (κ2) is 5.07. The van der Waals surface area contributed by atoms with Gasteiger partial charge in [0.25, 0.3) is 0 Å². The second-order valence-corrected chi connectivity index (χ2v) is 4.06. The van der Waals surface area contributed by atoms with E-state index >= 15 is 0 Å². The molecule has 16 heavy (non-hydrogen) atoms. The van der Waals surface area contributed by atoms with E-state index in [0.717, 1.165) is 18.5 Å². The van der Waals surface area contributed by atoms with Gasteiger partial charge < -0.3 is 10.6 Å². The van der Waals surface area contributed by atoms with Gasteiger partial charge in [0.2, 0.25) is 5.91 Å². The molecular weight excluding hydrogens is 207 g/mol. The molecule has 2 rings (SSSR count). The Hall–Kier alpha value is -1.42. The molecule has 0 aliphatic carbocycles. The molecule has 0 aromatic heterocycles. The normalized spacial score (nSPS) is 19.8. The summed E-state index contributed by atoms with van der Waals surface area (Å²) in [5.74, 6) is -0.0830. The predicted octanol–water partition coefficient (Wildman–Crippen LogP) is 1.19. The van der Waals surface area contributed by atoms with Crippen molar-refractivity contribution in [1.82, 2.24) is 10.6 Å². The molecular formula is C12H15FN2O. The molecule has 1 aromatic carbocycles. The number of rotatable bonds is 4. The van der Waals surface area contributed by atoms with E-state index in [9.17, 15) is 9.18 Å². The van der Waals surface area contributed by atoms with E-state index in [1.807, 2.05) is 0 Å². The minimum Gasteiger partial charge on any atom is -0.352 e. The number of hydrogen-bond donors (Lipinski definition) is 2. The highest BCUT2D eigenvalue weighted by molar-refractivity contribution is 5.78. The summed E-state index contributed by atoms with van der Waals surface area (Å²) in [5.41, 5.74) is 1.05. The molecule has 0 bridgehead atoms. The summed E-state index contributed by atoms with van der Waals surface area (Å²) in [6.45, 7) is 1.47. The SMILES string of the molecule is O=C1CC[C@@H](CNCc2ccc(F)cc2)N1. The van der Waals surface area contributed by atoms with Crippen molar-refractivity contribution in [2.24, 2.45) is 0 Å². The Morgan fingerprint density at radius 2 is 2.12 bits per heavy atom. The van der Waals surface area contributed by atoms with Gasteiger partial charge in [-0.2, -0.15) is 0 Å². The fourth-order valence-electron chi connectivity index (χ4n) is 1.82. The van der Waals surface area contributed by atoms with Gasteiger partial charge in [-0.3, -0.25) is 4.79 Å². The maximum Gasteiger partial charge on any atom is 0.220 e. The Morgan fingerprint density at radius 1 is 1.38 bits per heavy atom. The van der Waals surface area contributed by atoms with Gasteiger partial charge in [0.05, 0.1) is 0 Å². The fraction of sp³-hybridized carbons (Fsp3) is 0.417. The molecule has 1 amide bonds. The Bertz CT molecular complexity index is 364. The van der Waals surface area contributed by atoms with Crippen LogP contribution in [0.25, 0.3) is 0 Å². The summed E-state index contributed by atoms with van der Waals surface area (Å²) >= 11 is 0. The molecule has 1 aliphatic heterocycles. The van der Waals surface area contributed by atoms with Crippen molar-refractivity contribution >= 4 is 5.91 Å². The van der Waals surface area contributed by atoms with Crippen molar-refractivity contribution in [3.63, 3.8) is 0 Å². The fourth-order valence-corrected chi connectivity index (χ4v) is 1.82. The van der Waals surface area contributed by atoms with Crippen LogP contribution in [0.1, 0.15) is 18.4 Å². The summed E-state index contributed by atoms with van der Waals surface area (Å²) in [4.78, 5) is 10.9. The lowest BCUT2D eigenvalue weighted by Gasteiger charge is -2.11. The van der Waals surface area contributed by atoms with Gasteiger partial charge in [0.1, 0.15) is 5.82 Å². The van der Waals surface area contributed by atoms with Gasteiger partial charge >= 0.3 is 0 Å². The van der Waals surface area contributed by atoms with Crippen LogP contribution < -0.4 is 10.6 Å². The molecule has 2 N–H and O–H groups in total. The van der Waals surface area contributed by atoms with Crippen LogP contribution in [-0.2, 0) is 11.3 Å². The monoisotopic (exact) mass is 222 g/mol. The van der Waals surface area contributed by atoms with E-state index in [1.165, 1.54) is 12.1 Å². The van der Waals surface area contributed by atoms with Crippen LogP contribution in [0, 0.1) is 5.82 Å². The maximum absolute atomic E-state index is 12.6. The maximum atomic E-state index is 12.6. The average molecular weight is 222 g/mol. The largest absolute Gasteiger partial charge is 0.352 e. The van der Waals surface area contributed by atoms with E-state index in [0.29, 0.717) is 13.0 Å². The van der Waals surface area contributed by atoms with Crippen LogP contribution in [-0.4, -0.2) is 18.5 Å². The van der Waals surface area contributed by atoms with Gasteiger partial charge in [0, 0.05) is 25.6 Å². The topological polar surface area (TPSA) is 41.1 Å². The molecule has 1 atom stereocenters. The molecule has 3 nitrogen and oxygen atoms in total. The average Bonchev–Trinajstić information content (AvgIpc) is 2.67. The van der Waals surface area contributed by atoms with Crippen LogP contribution >= 0.6 is 0 Å². The van der Waals surface area contributed by atoms with Crippen LogP contribution in [0.4, 0.5) is 4.39 Å². The lowest BCUT2D eigenvalue weighted by Crippen LogP contribution is -2.35. The molecule has 0 unspecified atom stereocenters. The second-order valence-electron chi connectivity index (χ2n) is 4.06. The van der Waals surface area contributed by atoms with Gasteiger partial charge in [-0.25, -0.2) is 4.39 Å². The van der Waals surface area contributed by atoms with Gasteiger partial charge in [0.15, 0.2) is 0 Å². The first-order valence-electron chi connectivity index (χ1n) is 5.48. The summed E-state index contributed by atoms with van der Waals surface area (Å²) < 4.78 is 12.6. The van der Waals surface area contributed by atoms with E-state index in [1.54, 1.807) is 12.1 Å². The Morgan fingerprint density at radius 3 is 2.75 bits per heavy atom. The smallest absolute Gasteiger partial charge is 0.220 e. The molecule has 1 fully saturated rings. The van der Waals surface area contributed by atoms with Crippen molar-refractivity contribution in [3.8, 4) is 0 Å². The lowest BCUT2D eigenvalue weighted by molar-refractivity contribution is -0.119. The van der Waals surface area contributed by atoms with E-state index < -0.39 is 0 Å². The molecule has 1 aliphatic rings. The van der Waals surface area contributed by atoms with Crippen LogP contribution in [0.3, 0.4) is 0 Å². The first kappa shape index (κ1) is 11.1. The summed E-state index contributed by atoms with van der Waals surface area (Å²) in [7, 11) is 0. The Kier molecular flexibility index (Phi) is 3.51. The zero-order chi connectivity index (χ0) is 11.4. The number of hydrogen-bond acceptors (Lipinski definition) is 2. The van der Waals surface area contributed by atoms with E-state index in [-0.39, 0.29) is 17.8 Å². The van der Waals surface area contributed by atoms with Crippen molar-refractivity contribution in [2.45, 2.75) is 25.4 Å². The van der Waals surface area contributed by atoms with Gasteiger partial charge in [-0.1, -0.05) is 12.1 Å². The predicted molar refractivity (Wildman–Crippen MR) is 59.3 cm³/mol. The number of nitrogens with one attached hydrogen (secondary N) is 2. The third-order valence-electron chi connectivity index (χ3n) is 2.72. The first-order valence-corrected chi connectivity index (χ1v) is 5.48. The zero-order valence-corrected chi connectivity index (χ0v) is 9.00. The number of carbonyl (C=O) groups is 1. The first-order chi connectivity index (χ1) is 7.74. The number of amides is 1. The van der Waals surface area contributed by atoms with Crippen LogP contribution in [0.15, 0.2) is 24.3 Å². The highest BCUT2D eigenvalue weighted by Gasteiger charge is 2.19.